The molecule has 3 atom stereocenters. The number of benzene rings is 1. The van der Waals surface area contributed by atoms with E-state index in [1.165, 1.54) is 4.90 Å². The van der Waals surface area contributed by atoms with Crippen molar-refractivity contribution in [2.75, 3.05) is 6.54 Å². The first kappa shape index (κ1) is 28.2. The second-order valence-corrected chi connectivity index (χ2v) is 9.55. The van der Waals surface area contributed by atoms with Crippen molar-refractivity contribution in [2.45, 2.75) is 92.0 Å². The van der Waals surface area contributed by atoms with Gasteiger partial charge >= 0.3 is 6.09 Å². The number of ether oxygens (including phenoxy) is 1. The van der Waals surface area contributed by atoms with Crippen molar-refractivity contribution < 1.29 is 19.1 Å². The van der Waals surface area contributed by atoms with Crippen molar-refractivity contribution in [3.8, 4) is 0 Å². The van der Waals surface area contributed by atoms with Crippen LogP contribution in [0.2, 0.25) is 0 Å². The molecule has 0 radical (unpaired) electrons. The molecule has 3 amide bonds. The van der Waals surface area contributed by atoms with Crippen LogP contribution in [0.25, 0.3) is 0 Å². The van der Waals surface area contributed by atoms with Gasteiger partial charge < -0.3 is 20.3 Å². The Kier molecular flexibility index (Phi) is 10.6. The molecule has 0 aromatic heterocycles. The summed E-state index contributed by atoms with van der Waals surface area (Å²) < 4.78 is 5.29. The summed E-state index contributed by atoms with van der Waals surface area (Å²) in [4.78, 5) is 40.8. The van der Waals surface area contributed by atoms with Gasteiger partial charge in [-0.3, -0.25) is 9.59 Å². The molecule has 0 saturated carbocycles. The number of carbonyl (C=O) groups excluding carboxylic acids is 3. The zero-order valence-electron chi connectivity index (χ0n) is 21.5. The van der Waals surface area contributed by atoms with Gasteiger partial charge in [-0.2, -0.15) is 0 Å². The number of nitrogens with zero attached hydrogens (tertiary/aromatic N) is 1. The van der Waals surface area contributed by atoms with Crippen LogP contribution in [0.1, 0.15) is 77.1 Å². The lowest BCUT2D eigenvalue weighted by molar-refractivity contribution is -0.141. The van der Waals surface area contributed by atoms with Gasteiger partial charge in [-0.15, -0.1) is 6.58 Å². The number of hydrogen-bond donors (Lipinski definition) is 2. The molecule has 0 heterocycles. The highest BCUT2D eigenvalue weighted by atomic mass is 16.6. The molecule has 1 aromatic carbocycles. The largest absolute Gasteiger partial charge is 0.444 e. The van der Waals surface area contributed by atoms with E-state index in [0.717, 1.165) is 29.5 Å². The van der Waals surface area contributed by atoms with Crippen molar-refractivity contribution in [3.05, 3.63) is 47.5 Å². The minimum absolute atomic E-state index is 0.0349. The van der Waals surface area contributed by atoms with Crippen LogP contribution in [0.5, 0.6) is 0 Å². The highest BCUT2D eigenvalue weighted by molar-refractivity contribution is 5.92. The second-order valence-electron chi connectivity index (χ2n) is 9.55. The Morgan fingerprint density at radius 2 is 1.70 bits per heavy atom. The smallest absolute Gasteiger partial charge is 0.408 e. The number of amides is 3. The minimum atomic E-state index is -0.896. The average molecular weight is 460 g/mol. The van der Waals surface area contributed by atoms with E-state index in [4.69, 9.17) is 4.74 Å². The van der Waals surface area contributed by atoms with E-state index in [1.54, 1.807) is 33.8 Å². The van der Waals surface area contributed by atoms with Crippen LogP contribution in [-0.2, 0) is 14.3 Å². The fraction of sp³-hybridized carbons (Fsp3) is 0.577. The molecule has 33 heavy (non-hydrogen) atoms. The fourth-order valence-electron chi connectivity index (χ4n) is 3.77. The lowest BCUT2D eigenvalue weighted by atomic mass is 9.93. The Labute approximate surface area is 198 Å². The van der Waals surface area contributed by atoms with Crippen LogP contribution in [0.4, 0.5) is 4.79 Å². The van der Waals surface area contributed by atoms with Crippen LogP contribution >= 0.6 is 0 Å². The maximum Gasteiger partial charge on any atom is 0.408 e. The third-order valence-corrected chi connectivity index (χ3v) is 5.20. The number of alkyl carbamates (subject to hydrolysis) is 1. The first-order valence-corrected chi connectivity index (χ1v) is 11.6. The van der Waals surface area contributed by atoms with Gasteiger partial charge in [-0.25, -0.2) is 4.79 Å². The molecule has 2 N–H and O–H groups in total. The summed E-state index contributed by atoms with van der Waals surface area (Å²) in [5, 5.41) is 5.65. The Morgan fingerprint density at radius 3 is 2.18 bits per heavy atom. The van der Waals surface area contributed by atoms with Gasteiger partial charge in [0.25, 0.3) is 0 Å². The van der Waals surface area contributed by atoms with Gasteiger partial charge in [0.15, 0.2) is 0 Å². The summed E-state index contributed by atoms with van der Waals surface area (Å²) in [5.74, 6) is -0.653. The summed E-state index contributed by atoms with van der Waals surface area (Å²) >= 11 is 0. The van der Waals surface area contributed by atoms with E-state index in [9.17, 15) is 14.4 Å². The van der Waals surface area contributed by atoms with Gasteiger partial charge in [0.2, 0.25) is 11.8 Å². The highest BCUT2D eigenvalue weighted by Gasteiger charge is 2.36. The predicted molar refractivity (Wildman–Crippen MR) is 132 cm³/mol. The highest BCUT2D eigenvalue weighted by Crippen LogP contribution is 2.28. The molecule has 0 bridgehead atoms. The molecule has 7 nitrogen and oxygen atoms in total. The van der Waals surface area contributed by atoms with Crippen LogP contribution in [0.15, 0.2) is 30.9 Å². The molecule has 1 aromatic rings. The van der Waals surface area contributed by atoms with E-state index in [2.05, 4.69) is 24.1 Å². The van der Waals surface area contributed by atoms with E-state index in [0.29, 0.717) is 0 Å². The molecule has 0 saturated heterocycles. The maximum atomic E-state index is 13.5. The Morgan fingerprint density at radius 1 is 1.12 bits per heavy atom. The van der Waals surface area contributed by atoms with Gasteiger partial charge in [-0.05, 0) is 71.6 Å². The molecule has 1 rings (SSSR count). The van der Waals surface area contributed by atoms with Crippen molar-refractivity contribution in [1.29, 1.82) is 0 Å². The van der Waals surface area contributed by atoms with Crippen LogP contribution < -0.4 is 10.6 Å². The van der Waals surface area contributed by atoms with Gasteiger partial charge in [0.05, 0.1) is 0 Å². The number of aryl methyl sites for hydroxylation is 2. The lowest BCUT2D eigenvalue weighted by Crippen LogP contribution is -2.53. The number of hydrogen-bond acceptors (Lipinski definition) is 4. The Balaban J connectivity index is 3.37. The fourth-order valence-corrected chi connectivity index (χ4v) is 3.77. The summed E-state index contributed by atoms with van der Waals surface area (Å²) in [5.41, 5.74) is 1.91. The number of carbonyl (C=O) groups is 3. The molecular weight excluding hydrogens is 418 g/mol. The molecule has 184 valence electrons. The molecule has 0 aliphatic heterocycles. The van der Waals surface area contributed by atoms with Crippen molar-refractivity contribution in [2.24, 2.45) is 0 Å². The molecule has 0 fully saturated rings. The SMILES string of the molecule is C=CCN(C(=O)C(C)NC(=O)OC(C)(C)C)C(C(=O)NC(C)CCC)c1c(C)cccc1C. The van der Waals surface area contributed by atoms with Crippen molar-refractivity contribution in [1.82, 2.24) is 15.5 Å². The molecule has 0 spiro atoms. The van der Waals surface area contributed by atoms with Crippen LogP contribution in [0, 0.1) is 13.8 Å². The molecule has 3 unspecified atom stereocenters. The summed E-state index contributed by atoms with van der Waals surface area (Å²) in [6, 6.07) is 3.99. The van der Waals surface area contributed by atoms with E-state index < -0.39 is 29.7 Å². The van der Waals surface area contributed by atoms with Gasteiger partial charge in [0, 0.05) is 12.6 Å². The van der Waals surface area contributed by atoms with E-state index >= 15 is 0 Å². The van der Waals surface area contributed by atoms with Crippen molar-refractivity contribution >= 4 is 17.9 Å². The molecule has 0 aliphatic rings. The van der Waals surface area contributed by atoms with E-state index in [-0.39, 0.29) is 18.5 Å². The summed E-state index contributed by atoms with van der Waals surface area (Å²) in [7, 11) is 0. The number of rotatable bonds is 10. The summed E-state index contributed by atoms with van der Waals surface area (Å²) in [6.45, 7) is 18.6. The number of nitrogens with one attached hydrogen (secondary N) is 2. The Bertz CT molecular complexity index is 824. The van der Waals surface area contributed by atoms with Crippen LogP contribution in [0.3, 0.4) is 0 Å². The van der Waals surface area contributed by atoms with Gasteiger partial charge in [0.1, 0.15) is 17.7 Å². The maximum absolute atomic E-state index is 13.5. The predicted octanol–water partition coefficient (Wildman–Crippen LogP) is 4.58. The second kappa shape index (κ2) is 12.4. The molecular formula is C26H41N3O4. The monoisotopic (exact) mass is 459 g/mol. The standard InChI is InChI=1S/C26H41N3O4/c1-10-13-19(5)27-23(30)22(21-17(3)14-12-15-18(21)4)29(16-11-2)24(31)20(6)28-25(32)33-26(7,8)9/h11-12,14-15,19-20,22H,2,10,13,16H2,1,3-9H3,(H,27,30)(H,28,32). The molecule has 0 aliphatic carbocycles. The average Bonchev–Trinajstić information content (AvgIpc) is 2.67. The van der Waals surface area contributed by atoms with E-state index in [1.807, 2.05) is 39.0 Å². The first-order chi connectivity index (χ1) is 15.3. The topological polar surface area (TPSA) is 87.7 Å². The third kappa shape index (κ3) is 8.56. The quantitative estimate of drug-likeness (QED) is 0.502. The lowest BCUT2D eigenvalue weighted by Gasteiger charge is -2.35. The van der Waals surface area contributed by atoms with Gasteiger partial charge in [-0.1, -0.05) is 37.6 Å². The zero-order valence-corrected chi connectivity index (χ0v) is 21.5. The third-order valence-electron chi connectivity index (χ3n) is 5.20. The van der Waals surface area contributed by atoms with Crippen molar-refractivity contribution in [3.63, 3.8) is 0 Å². The molecule has 7 heteroatoms. The summed E-state index contributed by atoms with van der Waals surface area (Å²) in [6.07, 6.45) is 2.66. The first-order valence-electron chi connectivity index (χ1n) is 11.6. The van der Waals surface area contributed by atoms with Crippen LogP contribution in [-0.4, -0.2) is 47.0 Å². The normalized spacial score (nSPS) is 13.9. The zero-order chi connectivity index (χ0) is 25.3. The minimum Gasteiger partial charge on any atom is -0.444 e. The Hall–Kier alpha value is -2.83.